The van der Waals surface area contributed by atoms with Crippen molar-refractivity contribution in [3.63, 3.8) is 0 Å². The Morgan fingerprint density at radius 3 is 2.75 bits per heavy atom. The number of nitrogens with one attached hydrogen (secondary N) is 3. The number of aromatic amines is 1. The third-order valence-corrected chi connectivity index (χ3v) is 4.60. The summed E-state index contributed by atoms with van der Waals surface area (Å²) in [6.07, 6.45) is 1.68. The monoisotopic (exact) mass is 385 g/mol. The predicted octanol–water partition coefficient (Wildman–Crippen LogP) is 2.56. The molecule has 0 atom stereocenters. The molecule has 0 unspecified atom stereocenters. The van der Waals surface area contributed by atoms with Crippen molar-refractivity contribution < 1.29 is 23.5 Å². The summed E-state index contributed by atoms with van der Waals surface area (Å²) in [4.78, 5) is 39.0. The third kappa shape index (κ3) is 3.66. The van der Waals surface area contributed by atoms with Gasteiger partial charge in [-0.05, 0) is 43.7 Å². The number of ether oxygens (including phenoxy) is 1. The molecule has 0 bridgehead atoms. The lowest BCUT2D eigenvalue weighted by Gasteiger charge is -2.05. The summed E-state index contributed by atoms with van der Waals surface area (Å²) in [6.45, 7) is 3.65. The van der Waals surface area contributed by atoms with Gasteiger partial charge in [-0.1, -0.05) is 0 Å². The molecule has 0 saturated carbocycles. The van der Waals surface area contributed by atoms with Gasteiger partial charge >= 0.3 is 5.97 Å². The predicted molar refractivity (Wildman–Crippen MR) is 102 cm³/mol. The molecule has 146 valence electrons. The van der Waals surface area contributed by atoms with Crippen molar-refractivity contribution in [2.24, 2.45) is 0 Å². The third-order valence-electron chi connectivity index (χ3n) is 4.60. The van der Waals surface area contributed by atoms with Gasteiger partial charge in [0.05, 0.1) is 24.7 Å². The normalized spacial score (nSPS) is 14.0. The molecule has 2 aromatic rings. The smallest absolute Gasteiger partial charge is 0.307 e. The van der Waals surface area contributed by atoms with Gasteiger partial charge in [0.15, 0.2) is 0 Å². The summed E-state index contributed by atoms with van der Waals surface area (Å²) in [5.41, 5.74) is 3.63. The highest BCUT2D eigenvalue weighted by Crippen LogP contribution is 2.34. The number of H-pyrrole nitrogens is 1. The Morgan fingerprint density at radius 1 is 1.29 bits per heavy atom. The van der Waals surface area contributed by atoms with Gasteiger partial charge < -0.3 is 20.4 Å². The highest BCUT2D eigenvalue weighted by atomic mass is 19.1. The Balaban J connectivity index is 1.88. The van der Waals surface area contributed by atoms with E-state index in [0.29, 0.717) is 39.3 Å². The molecule has 0 aliphatic carbocycles. The van der Waals surface area contributed by atoms with Crippen LogP contribution >= 0.6 is 0 Å². The Hall–Kier alpha value is -3.42. The van der Waals surface area contributed by atoms with Gasteiger partial charge in [0.1, 0.15) is 5.82 Å². The molecule has 8 heteroatoms. The number of hydrogen-bond acceptors (Lipinski definition) is 4. The number of aryl methyl sites for hydroxylation is 1. The van der Waals surface area contributed by atoms with Gasteiger partial charge in [0.2, 0.25) is 0 Å². The number of rotatable bonds is 5. The molecule has 0 spiro atoms. The van der Waals surface area contributed by atoms with E-state index in [4.69, 9.17) is 0 Å². The van der Waals surface area contributed by atoms with Crippen LogP contribution in [0.4, 0.5) is 10.1 Å². The van der Waals surface area contributed by atoms with Crippen LogP contribution in [-0.4, -0.2) is 36.4 Å². The molecule has 1 aliphatic heterocycles. The second-order valence-electron chi connectivity index (χ2n) is 6.45. The maximum Gasteiger partial charge on any atom is 0.307 e. The number of hydrogen-bond donors (Lipinski definition) is 3. The molecule has 0 fully saturated rings. The van der Waals surface area contributed by atoms with Crippen molar-refractivity contribution in [1.29, 1.82) is 0 Å². The van der Waals surface area contributed by atoms with Crippen LogP contribution in [0.5, 0.6) is 0 Å². The first-order valence-corrected chi connectivity index (χ1v) is 8.69. The molecule has 1 aromatic carbocycles. The maximum atomic E-state index is 13.6. The van der Waals surface area contributed by atoms with Gasteiger partial charge in [-0.3, -0.25) is 14.4 Å². The van der Waals surface area contributed by atoms with Crippen molar-refractivity contribution in [2.45, 2.75) is 20.3 Å². The topological polar surface area (TPSA) is 100 Å². The molecule has 0 radical (unpaired) electrons. The number of carbonyl (C=O) groups is 3. The van der Waals surface area contributed by atoms with E-state index in [1.54, 1.807) is 19.9 Å². The number of anilines is 1. The molecule has 3 N–H and O–H groups in total. The van der Waals surface area contributed by atoms with Crippen molar-refractivity contribution in [2.75, 3.05) is 19.0 Å². The van der Waals surface area contributed by atoms with Crippen LogP contribution < -0.4 is 10.6 Å². The number of methoxy groups -OCH3 is 1. The van der Waals surface area contributed by atoms with E-state index in [1.807, 2.05) is 0 Å². The molecule has 7 nitrogen and oxygen atoms in total. The van der Waals surface area contributed by atoms with E-state index in [0.717, 1.165) is 0 Å². The molecule has 2 heterocycles. The number of amides is 2. The molecule has 28 heavy (non-hydrogen) atoms. The lowest BCUT2D eigenvalue weighted by molar-refractivity contribution is -0.140. The molecule has 1 aromatic heterocycles. The fourth-order valence-corrected chi connectivity index (χ4v) is 3.18. The summed E-state index contributed by atoms with van der Waals surface area (Å²) in [7, 11) is 1.29. The van der Waals surface area contributed by atoms with Gasteiger partial charge in [0.25, 0.3) is 11.8 Å². The largest absolute Gasteiger partial charge is 0.469 e. The summed E-state index contributed by atoms with van der Waals surface area (Å²) < 4.78 is 18.1. The summed E-state index contributed by atoms with van der Waals surface area (Å²) in [6, 6.07) is 4.09. The van der Waals surface area contributed by atoms with E-state index in [1.165, 1.54) is 25.3 Å². The van der Waals surface area contributed by atoms with E-state index in [-0.39, 0.29) is 24.8 Å². The SMILES string of the molecule is COC(=O)CCNC(=O)c1c(C)[nH]c(C=C2C(=O)Nc3ccc(F)cc32)c1C. The van der Waals surface area contributed by atoms with Crippen LogP contribution in [0.1, 0.15) is 39.3 Å². The van der Waals surface area contributed by atoms with Crippen LogP contribution in [0.2, 0.25) is 0 Å². The summed E-state index contributed by atoms with van der Waals surface area (Å²) in [5.74, 6) is -1.52. The Morgan fingerprint density at radius 2 is 2.04 bits per heavy atom. The summed E-state index contributed by atoms with van der Waals surface area (Å²) >= 11 is 0. The highest BCUT2D eigenvalue weighted by Gasteiger charge is 2.26. The zero-order valence-corrected chi connectivity index (χ0v) is 15.7. The fraction of sp³-hybridized carbons (Fsp3) is 0.250. The van der Waals surface area contributed by atoms with E-state index >= 15 is 0 Å². The quantitative estimate of drug-likeness (QED) is 0.544. The molecule has 3 rings (SSSR count). The molecule has 2 amide bonds. The van der Waals surface area contributed by atoms with E-state index in [9.17, 15) is 18.8 Å². The molecular formula is C20H20FN3O4. The number of benzene rings is 1. The number of carbonyl (C=O) groups excluding carboxylic acids is 3. The van der Waals surface area contributed by atoms with Gasteiger partial charge in [-0.15, -0.1) is 0 Å². The van der Waals surface area contributed by atoms with Gasteiger partial charge in [-0.25, -0.2) is 4.39 Å². The lowest BCUT2D eigenvalue weighted by Crippen LogP contribution is -2.27. The molecular weight excluding hydrogens is 365 g/mol. The minimum atomic E-state index is -0.439. The maximum absolute atomic E-state index is 13.6. The van der Waals surface area contributed by atoms with E-state index < -0.39 is 11.8 Å². The minimum Gasteiger partial charge on any atom is -0.469 e. The van der Waals surface area contributed by atoms with Crippen LogP contribution in [-0.2, 0) is 14.3 Å². The number of fused-ring (bicyclic) bond motifs is 1. The van der Waals surface area contributed by atoms with Gasteiger partial charge in [0, 0.05) is 29.2 Å². The van der Waals surface area contributed by atoms with Crippen LogP contribution in [0, 0.1) is 19.7 Å². The van der Waals surface area contributed by atoms with Crippen LogP contribution in [0.25, 0.3) is 11.6 Å². The van der Waals surface area contributed by atoms with Crippen LogP contribution in [0.3, 0.4) is 0 Å². The zero-order valence-electron chi connectivity index (χ0n) is 15.7. The zero-order chi connectivity index (χ0) is 20.4. The Bertz CT molecular complexity index is 1010. The van der Waals surface area contributed by atoms with E-state index in [2.05, 4.69) is 20.4 Å². The lowest BCUT2D eigenvalue weighted by atomic mass is 10.0. The number of esters is 1. The molecule has 1 aliphatic rings. The van der Waals surface area contributed by atoms with Crippen molar-refractivity contribution in [1.82, 2.24) is 10.3 Å². The number of aromatic nitrogens is 1. The highest BCUT2D eigenvalue weighted by molar-refractivity contribution is 6.34. The van der Waals surface area contributed by atoms with Crippen molar-refractivity contribution in [3.8, 4) is 0 Å². The first-order chi connectivity index (χ1) is 13.3. The molecule has 0 saturated heterocycles. The first-order valence-electron chi connectivity index (χ1n) is 8.69. The fourth-order valence-electron chi connectivity index (χ4n) is 3.18. The second kappa shape index (κ2) is 7.67. The second-order valence-corrected chi connectivity index (χ2v) is 6.45. The first kappa shape index (κ1) is 19.3. The standard InChI is InChI=1S/C20H20FN3O4/c1-10-16(9-14-13-8-12(21)4-5-15(13)24-19(14)26)23-11(2)18(10)20(27)22-7-6-17(25)28-3/h4-5,8-9,23H,6-7H2,1-3H3,(H,22,27)(H,24,26). The average Bonchev–Trinajstić information content (AvgIpc) is 3.11. The Kier molecular flexibility index (Phi) is 5.30. The van der Waals surface area contributed by atoms with Crippen LogP contribution in [0.15, 0.2) is 18.2 Å². The Labute approximate surface area is 161 Å². The summed E-state index contributed by atoms with van der Waals surface area (Å²) in [5, 5.41) is 5.37. The minimum absolute atomic E-state index is 0.0736. The number of halogens is 1. The van der Waals surface area contributed by atoms with Crippen molar-refractivity contribution in [3.05, 3.63) is 52.1 Å². The van der Waals surface area contributed by atoms with Gasteiger partial charge in [-0.2, -0.15) is 0 Å². The average molecular weight is 385 g/mol. The van der Waals surface area contributed by atoms with Crippen molar-refractivity contribution >= 4 is 35.1 Å².